The third kappa shape index (κ3) is 4.43. The Morgan fingerprint density at radius 3 is 2.46 bits per heavy atom. The van der Waals surface area contributed by atoms with Gasteiger partial charge in [-0.3, -0.25) is 0 Å². The topological polar surface area (TPSA) is 60.9 Å². The van der Waals surface area contributed by atoms with E-state index in [4.69, 9.17) is 14.2 Å². The Morgan fingerprint density at radius 2 is 1.82 bits per heavy atom. The molecule has 0 amide bonds. The molecule has 0 atom stereocenters. The maximum absolute atomic E-state index is 12.3. The fraction of sp³-hybridized carbons (Fsp3) is 0.238. The highest BCUT2D eigenvalue weighted by Gasteiger charge is 2.13. The number of anilines is 1. The second kappa shape index (κ2) is 8.75. The molecule has 0 saturated heterocycles. The lowest BCUT2D eigenvalue weighted by molar-refractivity contribution is 0.0468. The lowest BCUT2D eigenvalue weighted by atomic mass is 10.2. The van der Waals surface area contributed by atoms with Gasteiger partial charge in [-0.1, -0.05) is 0 Å². The minimum atomic E-state index is -0.373. The Labute approximate surface area is 168 Å². The normalized spacial score (nSPS) is 10.4. The van der Waals surface area contributed by atoms with Crippen LogP contribution in [0.1, 0.15) is 16.1 Å². The smallest absolute Gasteiger partial charge is 0.338 e. The molecule has 2 aromatic carbocycles. The van der Waals surface area contributed by atoms with Gasteiger partial charge in [0.05, 0.1) is 31.0 Å². The number of carbonyl (C=O) groups excluding carboxylic acids is 1. The molecule has 0 aliphatic carbocycles. The van der Waals surface area contributed by atoms with Crippen LogP contribution < -0.4 is 14.4 Å². The van der Waals surface area contributed by atoms with Gasteiger partial charge in [0.2, 0.25) is 0 Å². The zero-order valence-corrected chi connectivity index (χ0v) is 17.1. The lowest BCUT2D eigenvalue weighted by Gasteiger charge is -2.12. The zero-order valence-electron chi connectivity index (χ0n) is 16.3. The molecule has 0 aliphatic heterocycles. The average Bonchev–Trinajstić information content (AvgIpc) is 3.20. The number of aromatic nitrogens is 1. The van der Waals surface area contributed by atoms with Crippen LogP contribution in [-0.4, -0.2) is 39.3 Å². The fourth-order valence-electron chi connectivity index (χ4n) is 2.59. The standard InChI is InChI=1S/C21H22N2O4S/c1-23(2)16-7-5-14(6-8-16)21(24)27-12-15-13-28-20(22-15)18-10-9-17(25-3)11-19(18)26-4/h5-11,13H,12H2,1-4H3. The summed E-state index contributed by atoms with van der Waals surface area (Å²) in [6.07, 6.45) is 0. The van der Waals surface area contributed by atoms with Crippen molar-refractivity contribution in [2.24, 2.45) is 0 Å². The second-order valence-corrected chi connectivity index (χ2v) is 7.09. The molecule has 0 bridgehead atoms. The van der Waals surface area contributed by atoms with Gasteiger partial charge in [0, 0.05) is 31.2 Å². The average molecular weight is 398 g/mol. The van der Waals surface area contributed by atoms with E-state index in [1.807, 2.05) is 54.7 Å². The molecule has 0 spiro atoms. The van der Waals surface area contributed by atoms with Gasteiger partial charge in [-0.05, 0) is 36.4 Å². The van der Waals surface area contributed by atoms with Crippen LogP contribution in [0.2, 0.25) is 0 Å². The van der Waals surface area contributed by atoms with Crippen LogP contribution in [-0.2, 0) is 11.3 Å². The number of thiazole rings is 1. The van der Waals surface area contributed by atoms with Gasteiger partial charge in [-0.2, -0.15) is 0 Å². The van der Waals surface area contributed by atoms with E-state index in [0.717, 1.165) is 16.3 Å². The highest BCUT2D eigenvalue weighted by Crippen LogP contribution is 2.35. The Morgan fingerprint density at radius 1 is 1.07 bits per heavy atom. The minimum absolute atomic E-state index is 0.114. The molecule has 3 aromatic rings. The molecule has 7 heteroatoms. The van der Waals surface area contributed by atoms with E-state index < -0.39 is 0 Å². The highest BCUT2D eigenvalue weighted by atomic mass is 32.1. The molecule has 28 heavy (non-hydrogen) atoms. The van der Waals surface area contributed by atoms with Crippen molar-refractivity contribution in [2.45, 2.75) is 6.61 Å². The van der Waals surface area contributed by atoms with Gasteiger partial charge < -0.3 is 19.1 Å². The van der Waals surface area contributed by atoms with Gasteiger partial charge in [0.25, 0.3) is 0 Å². The molecule has 0 radical (unpaired) electrons. The van der Waals surface area contributed by atoms with Crippen molar-refractivity contribution in [1.82, 2.24) is 4.98 Å². The molecule has 1 aromatic heterocycles. The molecule has 1 heterocycles. The number of esters is 1. The number of ether oxygens (including phenoxy) is 3. The number of rotatable bonds is 7. The van der Waals surface area contributed by atoms with Crippen LogP contribution in [0.4, 0.5) is 5.69 Å². The molecular formula is C21H22N2O4S. The maximum atomic E-state index is 12.3. The van der Waals surface area contributed by atoms with Gasteiger partial charge >= 0.3 is 5.97 Å². The van der Waals surface area contributed by atoms with Crippen molar-refractivity contribution in [2.75, 3.05) is 33.2 Å². The summed E-state index contributed by atoms with van der Waals surface area (Å²) in [5.74, 6) is 1.02. The Kier molecular flexibility index (Phi) is 6.16. The van der Waals surface area contributed by atoms with E-state index in [1.54, 1.807) is 26.4 Å². The summed E-state index contributed by atoms with van der Waals surface area (Å²) in [6, 6.07) is 12.8. The number of carbonyl (C=O) groups is 1. The summed E-state index contributed by atoms with van der Waals surface area (Å²) in [5, 5.41) is 2.67. The number of nitrogens with zero attached hydrogens (tertiary/aromatic N) is 2. The summed E-state index contributed by atoms with van der Waals surface area (Å²) in [6.45, 7) is 0.114. The van der Waals surface area contributed by atoms with E-state index in [1.165, 1.54) is 11.3 Å². The first-order chi connectivity index (χ1) is 13.5. The summed E-state index contributed by atoms with van der Waals surface area (Å²) in [5.41, 5.74) is 3.09. The molecule has 146 valence electrons. The van der Waals surface area contributed by atoms with E-state index in [2.05, 4.69) is 4.98 Å². The second-order valence-electron chi connectivity index (χ2n) is 6.23. The van der Waals surface area contributed by atoms with Gasteiger partial charge in [0.15, 0.2) is 0 Å². The fourth-order valence-corrected chi connectivity index (χ4v) is 3.42. The molecule has 0 N–H and O–H groups in total. The predicted molar refractivity (Wildman–Crippen MR) is 111 cm³/mol. The molecule has 0 aliphatic rings. The highest BCUT2D eigenvalue weighted by molar-refractivity contribution is 7.13. The van der Waals surface area contributed by atoms with E-state index in [-0.39, 0.29) is 12.6 Å². The lowest BCUT2D eigenvalue weighted by Crippen LogP contribution is -2.09. The number of benzene rings is 2. The van der Waals surface area contributed by atoms with Crippen molar-refractivity contribution >= 4 is 23.0 Å². The van der Waals surface area contributed by atoms with Crippen LogP contribution in [0.5, 0.6) is 11.5 Å². The first-order valence-electron chi connectivity index (χ1n) is 8.63. The van der Waals surface area contributed by atoms with Crippen molar-refractivity contribution in [3.8, 4) is 22.1 Å². The third-order valence-electron chi connectivity index (χ3n) is 4.16. The summed E-state index contributed by atoms with van der Waals surface area (Å²) in [4.78, 5) is 18.8. The molecule has 0 saturated carbocycles. The Balaban J connectivity index is 1.67. The maximum Gasteiger partial charge on any atom is 0.338 e. The molecule has 0 unspecified atom stereocenters. The number of hydrogen-bond acceptors (Lipinski definition) is 7. The molecular weight excluding hydrogens is 376 g/mol. The molecule has 6 nitrogen and oxygen atoms in total. The van der Waals surface area contributed by atoms with Gasteiger partial charge in [-0.15, -0.1) is 11.3 Å². The monoisotopic (exact) mass is 398 g/mol. The first kappa shape index (κ1) is 19.7. The van der Waals surface area contributed by atoms with Gasteiger partial charge in [0.1, 0.15) is 23.1 Å². The largest absolute Gasteiger partial charge is 0.497 e. The van der Waals surface area contributed by atoms with Crippen molar-refractivity contribution in [3.63, 3.8) is 0 Å². The minimum Gasteiger partial charge on any atom is -0.497 e. The zero-order chi connectivity index (χ0) is 20.1. The van der Waals surface area contributed by atoms with Crippen molar-refractivity contribution in [1.29, 1.82) is 0 Å². The van der Waals surface area contributed by atoms with Crippen LogP contribution in [0, 0.1) is 0 Å². The van der Waals surface area contributed by atoms with Crippen LogP contribution >= 0.6 is 11.3 Å². The predicted octanol–water partition coefficient (Wildman–Crippen LogP) is 4.25. The SMILES string of the molecule is COc1ccc(-c2nc(COC(=O)c3ccc(N(C)C)cc3)cs2)c(OC)c1. The van der Waals surface area contributed by atoms with E-state index in [9.17, 15) is 4.79 Å². The van der Waals surface area contributed by atoms with Gasteiger partial charge in [-0.25, -0.2) is 9.78 Å². The Hall–Kier alpha value is -3.06. The van der Waals surface area contributed by atoms with Crippen molar-refractivity contribution in [3.05, 3.63) is 59.1 Å². The third-order valence-corrected chi connectivity index (χ3v) is 5.09. The molecule has 3 rings (SSSR count). The first-order valence-corrected chi connectivity index (χ1v) is 9.51. The Bertz CT molecular complexity index is 951. The van der Waals surface area contributed by atoms with Crippen LogP contribution in [0.3, 0.4) is 0 Å². The van der Waals surface area contributed by atoms with E-state index >= 15 is 0 Å². The summed E-state index contributed by atoms with van der Waals surface area (Å²) >= 11 is 1.47. The van der Waals surface area contributed by atoms with Crippen molar-refractivity contribution < 1.29 is 19.0 Å². The quantitative estimate of drug-likeness (QED) is 0.555. The number of methoxy groups -OCH3 is 2. The number of hydrogen-bond donors (Lipinski definition) is 0. The van der Waals surface area contributed by atoms with Crippen LogP contribution in [0.25, 0.3) is 10.6 Å². The van der Waals surface area contributed by atoms with E-state index in [0.29, 0.717) is 22.8 Å². The molecule has 0 fully saturated rings. The summed E-state index contributed by atoms with van der Waals surface area (Å²) < 4.78 is 16.1. The van der Waals surface area contributed by atoms with Crippen LogP contribution in [0.15, 0.2) is 47.8 Å². The summed E-state index contributed by atoms with van der Waals surface area (Å²) in [7, 11) is 7.12.